The van der Waals surface area contributed by atoms with E-state index in [9.17, 15) is 9.59 Å². The molecule has 0 radical (unpaired) electrons. The van der Waals surface area contributed by atoms with Gasteiger partial charge in [-0.05, 0) is 36.1 Å². The van der Waals surface area contributed by atoms with E-state index >= 15 is 0 Å². The molecule has 0 aliphatic rings. The summed E-state index contributed by atoms with van der Waals surface area (Å²) in [6.07, 6.45) is 0. The SMILES string of the molecule is CC(C)c1ccc(NC(=O)C(=O)NC(C)c2ccccc2)cc1. The van der Waals surface area contributed by atoms with Crippen LogP contribution in [-0.2, 0) is 9.59 Å². The number of hydrogen-bond donors (Lipinski definition) is 2. The van der Waals surface area contributed by atoms with Gasteiger partial charge in [-0.15, -0.1) is 0 Å². The highest BCUT2D eigenvalue weighted by Crippen LogP contribution is 2.17. The Bertz CT molecular complexity index is 664. The van der Waals surface area contributed by atoms with Crippen LogP contribution in [0.5, 0.6) is 0 Å². The van der Waals surface area contributed by atoms with Gasteiger partial charge in [-0.1, -0.05) is 56.3 Å². The Morgan fingerprint density at radius 1 is 0.783 bits per heavy atom. The minimum absolute atomic E-state index is 0.224. The third-order valence-electron chi connectivity index (χ3n) is 3.69. The van der Waals surface area contributed by atoms with Crippen LogP contribution in [0.15, 0.2) is 54.6 Å². The van der Waals surface area contributed by atoms with Crippen LogP contribution in [0.4, 0.5) is 5.69 Å². The Hall–Kier alpha value is -2.62. The summed E-state index contributed by atoms with van der Waals surface area (Å²) < 4.78 is 0. The Morgan fingerprint density at radius 2 is 1.39 bits per heavy atom. The molecule has 0 aliphatic carbocycles. The molecule has 0 heterocycles. The predicted octanol–water partition coefficient (Wildman–Crippen LogP) is 3.63. The lowest BCUT2D eigenvalue weighted by Gasteiger charge is -2.14. The van der Waals surface area contributed by atoms with Crippen molar-refractivity contribution in [3.63, 3.8) is 0 Å². The highest BCUT2D eigenvalue weighted by atomic mass is 16.2. The molecule has 0 aliphatic heterocycles. The molecular weight excluding hydrogens is 288 g/mol. The predicted molar refractivity (Wildman–Crippen MR) is 92.2 cm³/mol. The van der Waals surface area contributed by atoms with Crippen LogP contribution in [0.3, 0.4) is 0 Å². The Kier molecular flexibility index (Phi) is 5.52. The zero-order chi connectivity index (χ0) is 16.8. The van der Waals surface area contributed by atoms with Crippen LogP contribution < -0.4 is 10.6 Å². The van der Waals surface area contributed by atoms with E-state index in [1.165, 1.54) is 5.56 Å². The molecule has 2 N–H and O–H groups in total. The van der Waals surface area contributed by atoms with Gasteiger partial charge < -0.3 is 10.6 Å². The number of carbonyl (C=O) groups is 2. The highest BCUT2D eigenvalue weighted by Gasteiger charge is 2.17. The summed E-state index contributed by atoms with van der Waals surface area (Å²) in [4.78, 5) is 24.0. The monoisotopic (exact) mass is 310 g/mol. The first-order chi connectivity index (χ1) is 11.0. The second-order valence-electron chi connectivity index (χ2n) is 5.84. The summed E-state index contributed by atoms with van der Waals surface area (Å²) >= 11 is 0. The second-order valence-corrected chi connectivity index (χ2v) is 5.84. The van der Waals surface area contributed by atoms with Gasteiger partial charge in [0.2, 0.25) is 0 Å². The fraction of sp³-hybridized carbons (Fsp3) is 0.263. The Morgan fingerprint density at radius 3 is 1.96 bits per heavy atom. The van der Waals surface area contributed by atoms with Crippen molar-refractivity contribution in [2.24, 2.45) is 0 Å². The Labute approximate surface area is 136 Å². The van der Waals surface area contributed by atoms with Gasteiger partial charge in [0.1, 0.15) is 0 Å². The summed E-state index contributed by atoms with van der Waals surface area (Å²) in [5, 5.41) is 5.31. The molecule has 2 aromatic carbocycles. The lowest BCUT2D eigenvalue weighted by Crippen LogP contribution is -2.36. The summed E-state index contributed by atoms with van der Waals surface area (Å²) in [7, 11) is 0. The number of rotatable bonds is 4. The van der Waals surface area contributed by atoms with E-state index in [4.69, 9.17) is 0 Å². The molecule has 120 valence electrons. The quantitative estimate of drug-likeness (QED) is 0.847. The highest BCUT2D eigenvalue weighted by molar-refractivity contribution is 6.39. The third kappa shape index (κ3) is 4.68. The van der Waals surface area contributed by atoms with Crippen LogP contribution in [0.2, 0.25) is 0 Å². The Balaban J connectivity index is 1.93. The minimum Gasteiger partial charge on any atom is -0.341 e. The average Bonchev–Trinajstić information content (AvgIpc) is 2.56. The fourth-order valence-electron chi connectivity index (χ4n) is 2.23. The van der Waals surface area contributed by atoms with Gasteiger partial charge >= 0.3 is 11.8 Å². The second kappa shape index (κ2) is 7.58. The molecule has 0 bridgehead atoms. The topological polar surface area (TPSA) is 58.2 Å². The molecule has 1 atom stereocenters. The van der Waals surface area contributed by atoms with Gasteiger partial charge in [0.15, 0.2) is 0 Å². The van der Waals surface area contributed by atoms with Crippen molar-refractivity contribution in [1.82, 2.24) is 5.32 Å². The zero-order valence-electron chi connectivity index (χ0n) is 13.7. The first kappa shape index (κ1) is 16.7. The van der Waals surface area contributed by atoms with Crippen molar-refractivity contribution in [1.29, 1.82) is 0 Å². The van der Waals surface area contributed by atoms with Crippen LogP contribution in [0.1, 0.15) is 43.9 Å². The molecule has 2 rings (SSSR count). The normalized spacial score (nSPS) is 11.8. The van der Waals surface area contributed by atoms with Gasteiger partial charge in [-0.2, -0.15) is 0 Å². The molecule has 0 aromatic heterocycles. The number of nitrogens with one attached hydrogen (secondary N) is 2. The van der Waals surface area contributed by atoms with E-state index in [-0.39, 0.29) is 6.04 Å². The number of benzene rings is 2. The van der Waals surface area contributed by atoms with E-state index in [1.54, 1.807) is 12.1 Å². The first-order valence-corrected chi connectivity index (χ1v) is 7.74. The number of hydrogen-bond acceptors (Lipinski definition) is 2. The number of anilines is 1. The summed E-state index contributed by atoms with van der Waals surface area (Å²) in [6, 6.07) is 16.8. The van der Waals surface area contributed by atoms with Crippen molar-refractivity contribution in [2.75, 3.05) is 5.32 Å². The summed E-state index contributed by atoms with van der Waals surface area (Å²) in [6.45, 7) is 6.05. The van der Waals surface area contributed by atoms with Gasteiger partial charge in [0.25, 0.3) is 0 Å². The first-order valence-electron chi connectivity index (χ1n) is 7.74. The molecule has 2 amide bonds. The van der Waals surface area contributed by atoms with Crippen LogP contribution in [0.25, 0.3) is 0 Å². The third-order valence-corrected chi connectivity index (χ3v) is 3.69. The van der Waals surface area contributed by atoms with Crippen molar-refractivity contribution in [3.8, 4) is 0 Å². The smallest absolute Gasteiger partial charge is 0.313 e. The maximum atomic E-state index is 12.0. The van der Waals surface area contributed by atoms with E-state index in [0.717, 1.165) is 5.56 Å². The fourth-order valence-corrected chi connectivity index (χ4v) is 2.23. The van der Waals surface area contributed by atoms with Crippen molar-refractivity contribution < 1.29 is 9.59 Å². The van der Waals surface area contributed by atoms with Gasteiger partial charge in [-0.25, -0.2) is 0 Å². The lowest BCUT2D eigenvalue weighted by molar-refractivity contribution is -0.136. The maximum Gasteiger partial charge on any atom is 0.313 e. The van der Waals surface area contributed by atoms with Gasteiger partial charge in [-0.3, -0.25) is 9.59 Å². The minimum atomic E-state index is -0.662. The van der Waals surface area contributed by atoms with Crippen LogP contribution in [-0.4, -0.2) is 11.8 Å². The molecule has 0 saturated heterocycles. The van der Waals surface area contributed by atoms with Crippen molar-refractivity contribution in [2.45, 2.75) is 32.7 Å². The van der Waals surface area contributed by atoms with E-state index < -0.39 is 11.8 Å². The van der Waals surface area contributed by atoms with Crippen LogP contribution >= 0.6 is 0 Å². The average molecular weight is 310 g/mol. The molecule has 23 heavy (non-hydrogen) atoms. The molecule has 1 unspecified atom stereocenters. The molecule has 4 heteroatoms. The molecule has 0 spiro atoms. The van der Waals surface area contributed by atoms with E-state index in [2.05, 4.69) is 24.5 Å². The van der Waals surface area contributed by atoms with Gasteiger partial charge in [0.05, 0.1) is 6.04 Å². The maximum absolute atomic E-state index is 12.0. The number of carbonyl (C=O) groups excluding carboxylic acids is 2. The number of amides is 2. The molecule has 0 saturated carbocycles. The van der Waals surface area contributed by atoms with E-state index in [1.807, 2.05) is 49.4 Å². The van der Waals surface area contributed by atoms with Crippen molar-refractivity contribution in [3.05, 3.63) is 65.7 Å². The molecular formula is C19H22N2O2. The molecule has 2 aromatic rings. The molecule has 0 fully saturated rings. The van der Waals surface area contributed by atoms with E-state index in [0.29, 0.717) is 11.6 Å². The van der Waals surface area contributed by atoms with Gasteiger partial charge in [0, 0.05) is 5.69 Å². The zero-order valence-corrected chi connectivity index (χ0v) is 13.7. The lowest BCUT2D eigenvalue weighted by atomic mass is 10.0. The molecule has 4 nitrogen and oxygen atoms in total. The summed E-state index contributed by atoms with van der Waals surface area (Å²) in [5.74, 6) is -0.880. The largest absolute Gasteiger partial charge is 0.341 e. The van der Waals surface area contributed by atoms with Crippen LogP contribution in [0, 0.1) is 0 Å². The summed E-state index contributed by atoms with van der Waals surface area (Å²) in [5.41, 5.74) is 2.75. The standard InChI is InChI=1S/C19H22N2O2/c1-13(2)15-9-11-17(12-10-15)21-19(23)18(22)20-14(3)16-7-5-4-6-8-16/h4-14H,1-3H3,(H,20,22)(H,21,23). The van der Waals surface area contributed by atoms with Crippen molar-refractivity contribution >= 4 is 17.5 Å².